The molecule has 1 fully saturated rings. The number of hydroxylamine groups is 1. The Bertz CT molecular complexity index is 842. The van der Waals surface area contributed by atoms with Crippen LogP contribution in [0.2, 0.25) is 0 Å². The molecule has 0 bridgehead atoms. The van der Waals surface area contributed by atoms with Gasteiger partial charge in [0.1, 0.15) is 5.00 Å². The van der Waals surface area contributed by atoms with E-state index in [0.29, 0.717) is 9.89 Å². The quantitative estimate of drug-likeness (QED) is 0.417. The summed E-state index contributed by atoms with van der Waals surface area (Å²) in [6, 6.07) is 0. The molecular formula is C16H19BrN4O2S2. The van der Waals surface area contributed by atoms with E-state index in [1.807, 2.05) is 15.9 Å². The van der Waals surface area contributed by atoms with E-state index in [1.165, 1.54) is 52.0 Å². The van der Waals surface area contributed by atoms with Gasteiger partial charge in [0, 0.05) is 4.88 Å². The van der Waals surface area contributed by atoms with Gasteiger partial charge in [-0.3, -0.25) is 14.6 Å². The van der Waals surface area contributed by atoms with Crippen LogP contribution in [0.25, 0.3) is 5.00 Å². The van der Waals surface area contributed by atoms with Crippen LogP contribution in [0.5, 0.6) is 0 Å². The number of hydrogen-bond acceptors (Lipinski definition) is 6. The van der Waals surface area contributed by atoms with Gasteiger partial charge in [-0.05, 0) is 78.9 Å². The molecule has 6 nitrogen and oxygen atoms in total. The minimum Gasteiger partial charge on any atom is -0.289 e. The Morgan fingerprint density at radius 1 is 1.36 bits per heavy atom. The Morgan fingerprint density at radius 3 is 2.76 bits per heavy atom. The van der Waals surface area contributed by atoms with Crippen molar-refractivity contribution in [3.63, 3.8) is 0 Å². The Morgan fingerprint density at radius 2 is 2.08 bits per heavy atom. The zero-order valence-electron chi connectivity index (χ0n) is 14.0. The minimum absolute atomic E-state index is 0.460. The molecule has 1 amide bonds. The molecule has 2 heterocycles. The van der Waals surface area contributed by atoms with E-state index in [-0.39, 0.29) is 0 Å². The first-order valence-corrected chi connectivity index (χ1v) is 10.7. The first kappa shape index (κ1) is 17.5. The number of carbonyl (C=O) groups is 1. The lowest BCUT2D eigenvalue weighted by molar-refractivity contribution is -0.130. The van der Waals surface area contributed by atoms with Gasteiger partial charge in [-0.25, -0.2) is 5.48 Å². The Labute approximate surface area is 162 Å². The lowest BCUT2D eigenvalue weighted by Gasteiger charge is -2.20. The van der Waals surface area contributed by atoms with Gasteiger partial charge in [-0.2, -0.15) is 0 Å². The summed E-state index contributed by atoms with van der Waals surface area (Å²) in [4.78, 5) is 13.5. The van der Waals surface area contributed by atoms with E-state index in [9.17, 15) is 4.79 Å². The molecule has 2 aliphatic rings. The molecule has 0 aromatic carbocycles. The third kappa shape index (κ3) is 3.05. The molecule has 2 aromatic heterocycles. The molecule has 2 aromatic rings. The molecule has 0 unspecified atom stereocenters. The van der Waals surface area contributed by atoms with Gasteiger partial charge in [0.2, 0.25) is 4.73 Å². The molecule has 134 valence electrons. The van der Waals surface area contributed by atoms with Gasteiger partial charge in [-0.15, -0.1) is 21.5 Å². The fourth-order valence-corrected chi connectivity index (χ4v) is 6.47. The fourth-order valence-electron chi connectivity index (χ4n) is 3.23. The molecule has 1 saturated carbocycles. The number of thioether (sulfide) groups is 1. The molecular weight excluding hydrogens is 424 g/mol. The number of fused-ring (bicyclic) bond motifs is 1. The van der Waals surface area contributed by atoms with Crippen molar-refractivity contribution in [2.75, 3.05) is 0 Å². The monoisotopic (exact) mass is 442 g/mol. The van der Waals surface area contributed by atoms with E-state index in [0.717, 1.165) is 18.8 Å². The van der Waals surface area contributed by atoms with Crippen molar-refractivity contribution in [1.29, 1.82) is 0 Å². The van der Waals surface area contributed by atoms with E-state index in [4.69, 9.17) is 5.21 Å². The van der Waals surface area contributed by atoms with Gasteiger partial charge < -0.3 is 0 Å². The highest BCUT2D eigenvalue weighted by Crippen LogP contribution is 2.51. The standard InChI is InChI=1S/C16H19BrN4O2S2/c1-16(2,13(22)20-23)25-15-19-18-14(17)21(15)12-10-5-3-4-9(10)11(24-12)8-6-7-8/h8,23H,3-7H2,1-2H3,(H,20,22). The summed E-state index contributed by atoms with van der Waals surface area (Å²) in [5.41, 5.74) is 4.68. The van der Waals surface area contributed by atoms with Crippen LogP contribution in [0.1, 0.15) is 55.0 Å². The number of thiophene rings is 1. The van der Waals surface area contributed by atoms with Crippen molar-refractivity contribution in [2.45, 2.75) is 61.8 Å². The largest absolute Gasteiger partial charge is 0.289 e. The summed E-state index contributed by atoms with van der Waals surface area (Å²) < 4.78 is 1.80. The molecule has 0 radical (unpaired) electrons. The summed E-state index contributed by atoms with van der Waals surface area (Å²) in [7, 11) is 0. The molecule has 0 saturated heterocycles. The van der Waals surface area contributed by atoms with Crippen molar-refractivity contribution in [3.8, 4) is 5.00 Å². The molecule has 4 rings (SSSR count). The van der Waals surface area contributed by atoms with Crippen LogP contribution in [0.15, 0.2) is 9.89 Å². The van der Waals surface area contributed by atoms with Crippen molar-refractivity contribution in [2.24, 2.45) is 0 Å². The summed E-state index contributed by atoms with van der Waals surface area (Å²) in [5, 5.41) is 19.2. The first-order valence-electron chi connectivity index (χ1n) is 8.31. The molecule has 2 aliphatic carbocycles. The Hall–Kier alpha value is -0.900. The van der Waals surface area contributed by atoms with Crippen molar-refractivity contribution in [3.05, 3.63) is 20.7 Å². The maximum atomic E-state index is 11.9. The van der Waals surface area contributed by atoms with Crippen molar-refractivity contribution >= 4 is 44.9 Å². The summed E-state index contributed by atoms with van der Waals surface area (Å²) in [5.74, 6) is 0.270. The normalized spacial score (nSPS) is 17.0. The van der Waals surface area contributed by atoms with Gasteiger partial charge in [0.15, 0.2) is 5.16 Å². The summed E-state index contributed by atoms with van der Waals surface area (Å²) in [6.45, 7) is 3.51. The van der Waals surface area contributed by atoms with E-state index >= 15 is 0 Å². The number of nitrogens with zero attached hydrogens (tertiary/aromatic N) is 3. The Balaban J connectivity index is 1.76. The van der Waals surface area contributed by atoms with Crippen molar-refractivity contribution < 1.29 is 10.0 Å². The number of halogens is 1. The third-order valence-electron chi connectivity index (χ3n) is 4.72. The SMILES string of the molecule is CC(C)(Sc1nnc(Br)n1-c1sc(C2CC2)c2c1CCC2)C(=O)NO. The van der Waals surface area contributed by atoms with E-state index in [1.54, 1.807) is 19.3 Å². The maximum Gasteiger partial charge on any atom is 0.259 e. The summed E-state index contributed by atoms with van der Waals surface area (Å²) >= 11 is 6.66. The number of aromatic nitrogens is 3. The average molecular weight is 443 g/mol. The second-order valence-corrected chi connectivity index (χ2v) is 10.3. The van der Waals surface area contributed by atoms with Crippen LogP contribution in [0.3, 0.4) is 0 Å². The van der Waals surface area contributed by atoms with E-state index in [2.05, 4.69) is 26.1 Å². The van der Waals surface area contributed by atoms with Crippen LogP contribution in [0, 0.1) is 0 Å². The Kier molecular flexibility index (Phi) is 4.46. The van der Waals surface area contributed by atoms with Crippen LogP contribution >= 0.6 is 39.0 Å². The maximum absolute atomic E-state index is 11.9. The highest BCUT2D eigenvalue weighted by Gasteiger charge is 2.36. The fraction of sp³-hybridized carbons (Fsp3) is 0.562. The van der Waals surface area contributed by atoms with Crippen LogP contribution in [-0.2, 0) is 17.6 Å². The number of nitrogens with one attached hydrogen (secondary N) is 1. The van der Waals surface area contributed by atoms with Gasteiger partial charge in [0.05, 0.1) is 4.75 Å². The average Bonchev–Trinajstić information content (AvgIpc) is 3.04. The van der Waals surface area contributed by atoms with Crippen LogP contribution in [0.4, 0.5) is 0 Å². The van der Waals surface area contributed by atoms with Crippen LogP contribution in [-0.4, -0.2) is 30.6 Å². The summed E-state index contributed by atoms with van der Waals surface area (Å²) in [6.07, 6.45) is 6.04. The third-order valence-corrected chi connectivity index (χ3v) is 7.80. The zero-order valence-corrected chi connectivity index (χ0v) is 17.2. The molecule has 0 aliphatic heterocycles. The molecule has 25 heavy (non-hydrogen) atoms. The van der Waals surface area contributed by atoms with Gasteiger partial charge >= 0.3 is 0 Å². The lowest BCUT2D eigenvalue weighted by atomic mass is 10.1. The number of amides is 1. The number of carbonyl (C=O) groups excluding carboxylic acids is 1. The topological polar surface area (TPSA) is 80.0 Å². The predicted molar refractivity (Wildman–Crippen MR) is 101 cm³/mol. The zero-order chi connectivity index (χ0) is 17.8. The highest BCUT2D eigenvalue weighted by atomic mass is 79.9. The number of rotatable bonds is 5. The van der Waals surface area contributed by atoms with E-state index < -0.39 is 10.7 Å². The molecule has 0 atom stereocenters. The second-order valence-electron chi connectivity index (χ2n) is 7.00. The first-order chi connectivity index (χ1) is 11.9. The lowest BCUT2D eigenvalue weighted by Crippen LogP contribution is -2.38. The van der Waals surface area contributed by atoms with Gasteiger partial charge in [0.25, 0.3) is 5.91 Å². The van der Waals surface area contributed by atoms with Gasteiger partial charge in [-0.1, -0.05) is 11.8 Å². The molecule has 9 heteroatoms. The highest BCUT2D eigenvalue weighted by molar-refractivity contribution is 9.10. The smallest absolute Gasteiger partial charge is 0.259 e. The minimum atomic E-state index is -0.862. The molecule has 2 N–H and O–H groups in total. The molecule has 0 spiro atoms. The predicted octanol–water partition coefficient (Wildman–Crippen LogP) is 3.83. The van der Waals surface area contributed by atoms with Crippen LogP contribution < -0.4 is 5.48 Å². The van der Waals surface area contributed by atoms with Crippen molar-refractivity contribution in [1.82, 2.24) is 20.2 Å². The number of hydrogen-bond donors (Lipinski definition) is 2. The second kappa shape index (κ2) is 6.37.